The van der Waals surface area contributed by atoms with Crippen molar-refractivity contribution in [3.8, 4) is 0 Å². The Morgan fingerprint density at radius 1 is 1.10 bits per heavy atom. The van der Waals surface area contributed by atoms with Crippen molar-refractivity contribution in [1.82, 2.24) is 10.2 Å². The Hall–Kier alpha value is -1.10. The summed E-state index contributed by atoms with van der Waals surface area (Å²) < 4.78 is 0. The molecule has 0 spiro atoms. The number of nitrogens with two attached hydrogens (primary N) is 1. The molecule has 5 nitrogen and oxygen atoms in total. The van der Waals surface area contributed by atoms with Crippen molar-refractivity contribution in [3.63, 3.8) is 0 Å². The van der Waals surface area contributed by atoms with Crippen molar-refractivity contribution < 1.29 is 9.59 Å². The Kier molecular flexibility index (Phi) is 5.40. The van der Waals surface area contributed by atoms with Crippen LogP contribution in [-0.4, -0.2) is 42.9 Å². The van der Waals surface area contributed by atoms with Gasteiger partial charge < -0.3 is 16.0 Å². The topological polar surface area (TPSA) is 75.4 Å². The van der Waals surface area contributed by atoms with E-state index >= 15 is 0 Å². The highest BCUT2D eigenvalue weighted by Crippen LogP contribution is 2.27. The Morgan fingerprint density at radius 3 is 2.25 bits per heavy atom. The fourth-order valence-electron chi connectivity index (χ4n) is 3.36. The maximum atomic E-state index is 12.3. The van der Waals surface area contributed by atoms with Crippen molar-refractivity contribution >= 4 is 11.8 Å². The predicted octanol–water partition coefficient (Wildman–Crippen LogP) is 0.879. The molecule has 0 aromatic rings. The second kappa shape index (κ2) is 7.07. The van der Waals surface area contributed by atoms with E-state index in [1.54, 1.807) is 7.05 Å². The average Bonchev–Trinajstić information content (AvgIpc) is 2.49. The standard InChI is InChI=1S/C15H27N3O2/c1-17-15(20)12-6-8-18(9-7-12)14(19)10-11-2-4-13(16)5-3-11/h11-13H,2-10,16H2,1H3,(H,17,20). The van der Waals surface area contributed by atoms with Crippen LogP contribution in [0.2, 0.25) is 0 Å². The van der Waals surface area contributed by atoms with Crippen LogP contribution in [0, 0.1) is 11.8 Å². The van der Waals surface area contributed by atoms with Gasteiger partial charge in [-0.3, -0.25) is 9.59 Å². The van der Waals surface area contributed by atoms with Gasteiger partial charge in [0, 0.05) is 38.5 Å². The highest BCUT2D eigenvalue weighted by Gasteiger charge is 2.28. The van der Waals surface area contributed by atoms with Gasteiger partial charge in [-0.15, -0.1) is 0 Å². The lowest BCUT2D eigenvalue weighted by Crippen LogP contribution is -2.43. The van der Waals surface area contributed by atoms with Gasteiger partial charge in [0.25, 0.3) is 0 Å². The van der Waals surface area contributed by atoms with E-state index in [2.05, 4.69) is 5.32 Å². The van der Waals surface area contributed by atoms with E-state index in [-0.39, 0.29) is 17.7 Å². The molecule has 2 aliphatic rings. The van der Waals surface area contributed by atoms with Crippen LogP contribution in [-0.2, 0) is 9.59 Å². The molecule has 114 valence electrons. The van der Waals surface area contributed by atoms with Crippen LogP contribution < -0.4 is 11.1 Å². The van der Waals surface area contributed by atoms with E-state index < -0.39 is 0 Å². The number of nitrogens with zero attached hydrogens (tertiary/aromatic N) is 1. The Bertz CT molecular complexity index is 343. The lowest BCUT2D eigenvalue weighted by molar-refractivity contribution is -0.136. The van der Waals surface area contributed by atoms with Crippen LogP contribution >= 0.6 is 0 Å². The van der Waals surface area contributed by atoms with Crippen molar-refractivity contribution in [2.45, 2.75) is 51.0 Å². The molecule has 3 N–H and O–H groups in total. The maximum absolute atomic E-state index is 12.3. The highest BCUT2D eigenvalue weighted by molar-refractivity contribution is 5.79. The quantitative estimate of drug-likeness (QED) is 0.806. The largest absolute Gasteiger partial charge is 0.359 e. The third-order valence-corrected chi connectivity index (χ3v) is 4.82. The second-order valence-corrected chi connectivity index (χ2v) is 6.25. The summed E-state index contributed by atoms with van der Waals surface area (Å²) in [6.45, 7) is 1.45. The first-order valence-corrected chi connectivity index (χ1v) is 7.85. The summed E-state index contributed by atoms with van der Waals surface area (Å²) in [7, 11) is 1.67. The van der Waals surface area contributed by atoms with Crippen molar-refractivity contribution in [2.75, 3.05) is 20.1 Å². The smallest absolute Gasteiger partial charge is 0.222 e. The van der Waals surface area contributed by atoms with Gasteiger partial charge in [0.2, 0.25) is 11.8 Å². The molecule has 2 amide bonds. The number of carbonyl (C=O) groups is 2. The minimum absolute atomic E-state index is 0.0803. The second-order valence-electron chi connectivity index (χ2n) is 6.25. The minimum Gasteiger partial charge on any atom is -0.359 e. The first-order chi connectivity index (χ1) is 9.60. The number of nitrogens with one attached hydrogen (secondary N) is 1. The predicted molar refractivity (Wildman–Crippen MR) is 77.9 cm³/mol. The first-order valence-electron chi connectivity index (χ1n) is 7.85. The molecule has 2 fully saturated rings. The minimum atomic E-state index is 0.0803. The van der Waals surface area contributed by atoms with E-state index in [9.17, 15) is 9.59 Å². The summed E-state index contributed by atoms with van der Waals surface area (Å²) in [5, 5.41) is 2.69. The van der Waals surface area contributed by atoms with Crippen molar-refractivity contribution in [1.29, 1.82) is 0 Å². The lowest BCUT2D eigenvalue weighted by Gasteiger charge is -2.33. The number of piperidine rings is 1. The molecule has 5 heteroatoms. The molecule has 1 saturated carbocycles. The molecule has 1 aliphatic carbocycles. The van der Waals surface area contributed by atoms with Gasteiger partial charge in [-0.2, -0.15) is 0 Å². The molecule has 1 aliphatic heterocycles. The van der Waals surface area contributed by atoms with Crippen LogP contribution in [0.3, 0.4) is 0 Å². The zero-order valence-corrected chi connectivity index (χ0v) is 12.4. The first kappa shape index (κ1) is 15.3. The molecule has 0 aromatic heterocycles. The van der Waals surface area contributed by atoms with Crippen molar-refractivity contribution in [3.05, 3.63) is 0 Å². The molecule has 0 unspecified atom stereocenters. The van der Waals surface area contributed by atoms with Crippen LogP contribution in [0.15, 0.2) is 0 Å². The molecule has 0 bridgehead atoms. The lowest BCUT2D eigenvalue weighted by atomic mass is 9.84. The molecule has 0 aromatic carbocycles. The average molecular weight is 281 g/mol. The Labute approximate surface area is 121 Å². The zero-order valence-electron chi connectivity index (χ0n) is 12.4. The van der Waals surface area contributed by atoms with Crippen LogP contribution in [0.5, 0.6) is 0 Å². The van der Waals surface area contributed by atoms with Gasteiger partial charge in [0.1, 0.15) is 0 Å². The van der Waals surface area contributed by atoms with Gasteiger partial charge >= 0.3 is 0 Å². The molecule has 0 radical (unpaired) electrons. The van der Waals surface area contributed by atoms with Crippen LogP contribution in [0.1, 0.15) is 44.9 Å². The van der Waals surface area contributed by atoms with Gasteiger partial charge in [-0.05, 0) is 44.4 Å². The third-order valence-electron chi connectivity index (χ3n) is 4.82. The summed E-state index contributed by atoms with van der Waals surface area (Å²) in [5.74, 6) is 0.967. The highest BCUT2D eigenvalue weighted by atomic mass is 16.2. The summed E-state index contributed by atoms with van der Waals surface area (Å²) in [4.78, 5) is 25.8. The fourth-order valence-corrected chi connectivity index (χ4v) is 3.36. The molecule has 1 saturated heterocycles. The molecular weight excluding hydrogens is 254 g/mol. The number of carbonyl (C=O) groups excluding carboxylic acids is 2. The van der Waals surface area contributed by atoms with E-state index in [0.29, 0.717) is 18.4 Å². The van der Waals surface area contributed by atoms with E-state index in [1.807, 2.05) is 4.90 Å². The van der Waals surface area contributed by atoms with E-state index in [1.165, 1.54) is 0 Å². The summed E-state index contributed by atoms with van der Waals surface area (Å²) in [6, 6.07) is 0.338. The van der Waals surface area contributed by atoms with Gasteiger partial charge in [-0.25, -0.2) is 0 Å². The maximum Gasteiger partial charge on any atom is 0.222 e. The molecular formula is C15H27N3O2. The van der Waals surface area contributed by atoms with Gasteiger partial charge in [0.15, 0.2) is 0 Å². The fraction of sp³-hybridized carbons (Fsp3) is 0.867. The van der Waals surface area contributed by atoms with Crippen LogP contribution in [0.4, 0.5) is 0 Å². The van der Waals surface area contributed by atoms with Crippen molar-refractivity contribution in [2.24, 2.45) is 17.6 Å². The normalized spacial score (nSPS) is 28.2. The van der Waals surface area contributed by atoms with E-state index in [4.69, 9.17) is 5.73 Å². The Balaban J connectivity index is 1.73. The zero-order chi connectivity index (χ0) is 14.5. The molecule has 2 rings (SSSR count). The molecule has 1 heterocycles. The molecule has 20 heavy (non-hydrogen) atoms. The summed E-state index contributed by atoms with van der Waals surface area (Å²) in [5.41, 5.74) is 5.89. The monoisotopic (exact) mass is 281 g/mol. The van der Waals surface area contributed by atoms with Gasteiger partial charge in [-0.1, -0.05) is 0 Å². The third kappa shape index (κ3) is 3.95. The number of hydrogen-bond acceptors (Lipinski definition) is 3. The number of rotatable bonds is 3. The Morgan fingerprint density at radius 2 is 1.70 bits per heavy atom. The number of amides is 2. The number of hydrogen-bond donors (Lipinski definition) is 2. The van der Waals surface area contributed by atoms with Gasteiger partial charge in [0.05, 0.1) is 0 Å². The molecule has 0 atom stereocenters. The van der Waals surface area contributed by atoms with Crippen LogP contribution in [0.25, 0.3) is 0 Å². The summed E-state index contributed by atoms with van der Waals surface area (Å²) >= 11 is 0. The SMILES string of the molecule is CNC(=O)C1CCN(C(=O)CC2CCC(N)CC2)CC1. The number of likely N-dealkylation sites (tertiary alicyclic amines) is 1. The summed E-state index contributed by atoms with van der Waals surface area (Å²) in [6.07, 6.45) is 6.52. The van der Waals surface area contributed by atoms with E-state index in [0.717, 1.165) is 51.6 Å².